The van der Waals surface area contributed by atoms with Crippen molar-refractivity contribution in [1.29, 1.82) is 0 Å². The fourth-order valence-corrected chi connectivity index (χ4v) is 2.39. The zero-order valence-corrected chi connectivity index (χ0v) is 12.3. The predicted octanol–water partition coefficient (Wildman–Crippen LogP) is 2.25. The Bertz CT molecular complexity index is 470. The Kier molecular flexibility index (Phi) is 4.37. The molecule has 0 atom stereocenters. The van der Waals surface area contributed by atoms with Crippen LogP contribution in [-0.4, -0.2) is 29.7 Å². The SMILES string of the molecule is Cc1ccc(C(N)=S)c(NCC2(C)CCOCC2)n1. The van der Waals surface area contributed by atoms with Gasteiger partial charge in [-0.1, -0.05) is 19.1 Å². The third-order valence-corrected chi connectivity index (χ3v) is 3.90. The van der Waals surface area contributed by atoms with Gasteiger partial charge in [0, 0.05) is 25.5 Å². The number of aromatic nitrogens is 1. The van der Waals surface area contributed by atoms with Gasteiger partial charge < -0.3 is 15.8 Å². The standard InChI is InChI=1S/C14H21N3OS/c1-10-3-4-11(12(15)19)13(17-10)16-9-14(2)5-7-18-8-6-14/h3-4H,5-9H2,1-2H3,(H2,15,19)(H,16,17). The maximum atomic E-state index is 5.74. The highest BCUT2D eigenvalue weighted by Gasteiger charge is 2.27. The fraction of sp³-hybridized carbons (Fsp3) is 0.571. The molecule has 0 bridgehead atoms. The molecule has 19 heavy (non-hydrogen) atoms. The monoisotopic (exact) mass is 279 g/mol. The molecule has 0 unspecified atom stereocenters. The second-order valence-corrected chi connectivity index (χ2v) is 5.93. The topological polar surface area (TPSA) is 60.2 Å². The van der Waals surface area contributed by atoms with Crippen LogP contribution in [0.25, 0.3) is 0 Å². The molecule has 0 radical (unpaired) electrons. The maximum absolute atomic E-state index is 5.74. The van der Waals surface area contributed by atoms with Crippen LogP contribution in [-0.2, 0) is 4.74 Å². The molecular weight excluding hydrogens is 258 g/mol. The Labute approximate surface area is 119 Å². The minimum Gasteiger partial charge on any atom is -0.389 e. The molecule has 0 amide bonds. The van der Waals surface area contributed by atoms with E-state index in [-0.39, 0.29) is 5.41 Å². The Morgan fingerprint density at radius 3 is 2.79 bits per heavy atom. The zero-order chi connectivity index (χ0) is 13.9. The molecule has 3 N–H and O–H groups in total. The number of hydrogen-bond donors (Lipinski definition) is 2. The molecule has 104 valence electrons. The van der Waals surface area contributed by atoms with E-state index in [9.17, 15) is 0 Å². The van der Waals surface area contributed by atoms with Gasteiger partial charge in [-0.2, -0.15) is 0 Å². The Balaban J connectivity index is 2.10. The van der Waals surface area contributed by atoms with Crippen molar-refractivity contribution in [2.75, 3.05) is 25.1 Å². The minimum atomic E-state index is 0.247. The molecule has 1 aromatic rings. The van der Waals surface area contributed by atoms with Crippen LogP contribution in [0.1, 0.15) is 31.0 Å². The lowest BCUT2D eigenvalue weighted by Gasteiger charge is -2.34. The maximum Gasteiger partial charge on any atom is 0.136 e. The minimum absolute atomic E-state index is 0.247. The van der Waals surface area contributed by atoms with Gasteiger partial charge in [0.15, 0.2) is 0 Å². The average Bonchev–Trinajstić information content (AvgIpc) is 2.37. The predicted molar refractivity (Wildman–Crippen MR) is 81.5 cm³/mol. The molecule has 1 aromatic heterocycles. The Morgan fingerprint density at radius 1 is 1.47 bits per heavy atom. The molecule has 0 aliphatic carbocycles. The smallest absolute Gasteiger partial charge is 0.136 e. The lowest BCUT2D eigenvalue weighted by atomic mass is 9.82. The summed E-state index contributed by atoms with van der Waals surface area (Å²) < 4.78 is 5.41. The third-order valence-electron chi connectivity index (χ3n) is 3.68. The van der Waals surface area contributed by atoms with Crippen molar-refractivity contribution in [3.63, 3.8) is 0 Å². The van der Waals surface area contributed by atoms with Crippen LogP contribution >= 0.6 is 12.2 Å². The molecule has 5 heteroatoms. The number of pyridine rings is 1. The first-order valence-corrected chi connectivity index (χ1v) is 7.00. The highest BCUT2D eigenvalue weighted by Crippen LogP contribution is 2.30. The highest BCUT2D eigenvalue weighted by molar-refractivity contribution is 7.80. The van der Waals surface area contributed by atoms with E-state index in [2.05, 4.69) is 17.2 Å². The van der Waals surface area contributed by atoms with Gasteiger partial charge in [0.2, 0.25) is 0 Å². The van der Waals surface area contributed by atoms with Gasteiger partial charge in [-0.3, -0.25) is 0 Å². The van der Waals surface area contributed by atoms with E-state index < -0.39 is 0 Å². The number of thiocarbonyl (C=S) groups is 1. The van der Waals surface area contributed by atoms with Crippen LogP contribution in [0, 0.1) is 12.3 Å². The number of hydrogen-bond acceptors (Lipinski definition) is 4. The summed E-state index contributed by atoms with van der Waals surface area (Å²) in [6.45, 7) is 6.77. The molecule has 0 saturated carbocycles. The first-order valence-electron chi connectivity index (χ1n) is 6.59. The number of nitrogens with two attached hydrogens (primary N) is 1. The second-order valence-electron chi connectivity index (χ2n) is 5.49. The van der Waals surface area contributed by atoms with Gasteiger partial charge >= 0.3 is 0 Å². The molecule has 2 heterocycles. The normalized spacial score (nSPS) is 18.0. The van der Waals surface area contributed by atoms with Crippen molar-refractivity contribution < 1.29 is 4.74 Å². The summed E-state index contributed by atoms with van der Waals surface area (Å²) >= 11 is 5.07. The molecule has 2 rings (SSSR count). The fourth-order valence-electron chi connectivity index (χ4n) is 2.23. The van der Waals surface area contributed by atoms with Gasteiger partial charge in [0.25, 0.3) is 0 Å². The molecule has 1 fully saturated rings. The van der Waals surface area contributed by atoms with E-state index >= 15 is 0 Å². The zero-order valence-electron chi connectivity index (χ0n) is 11.5. The summed E-state index contributed by atoms with van der Waals surface area (Å²) in [6.07, 6.45) is 2.13. The van der Waals surface area contributed by atoms with Crippen molar-refractivity contribution in [2.24, 2.45) is 11.1 Å². The molecular formula is C14H21N3OS. The summed E-state index contributed by atoms with van der Waals surface area (Å²) in [4.78, 5) is 4.88. The van der Waals surface area contributed by atoms with Gasteiger partial charge in [-0.05, 0) is 37.3 Å². The summed E-state index contributed by atoms with van der Waals surface area (Å²) in [5.41, 5.74) is 7.76. The first kappa shape index (κ1) is 14.2. The van der Waals surface area contributed by atoms with E-state index in [0.29, 0.717) is 4.99 Å². The van der Waals surface area contributed by atoms with Gasteiger partial charge in [-0.15, -0.1) is 0 Å². The van der Waals surface area contributed by atoms with Crippen molar-refractivity contribution in [1.82, 2.24) is 4.98 Å². The lowest BCUT2D eigenvalue weighted by Crippen LogP contribution is -2.33. The van der Waals surface area contributed by atoms with Crippen LogP contribution < -0.4 is 11.1 Å². The van der Waals surface area contributed by atoms with Crippen LogP contribution in [0.5, 0.6) is 0 Å². The quantitative estimate of drug-likeness (QED) is 0.828. The van der Waals surface area contributed by atoms with Crippen molar-refractivity contribution in [2.45, 2.75) is 26.7 Å². The molecule has 1 aliphatic rings. The molecule has 1 saturated heterocycles. The average molecular weight is 279 g/mol. The number of ether oxygens (including phenoxy) is 1. The molecule has 1 aliphatic heterocycles. The summed E-state index contributed by atoms with van der Waals surface area (Å²) in [5, 5.41) is 3.41. The molecule has 0 aromatic carbocycles. The highest BCUT2D eigenvalue weighted by atomic mass is 32.1. The number of rotatable bonds is 4. The van der Waals surface area contributed by atoms with Crippen LogP contribution in [0.3, 0.4) is 0 Å². The number of nitrogens with zero attached hydrogens (tertiary/aromatic N) is 1. The van der Waals surface area contributed by atoms with Crippen molar-refractivity contribution in [3.8, 4) is 0 Å². The molecule has 4 nitrogen and oxygen atoms in total. The van der Waals surface area contributed by atoms with E-state index in [1.165, 1.54) is 0 Å². The summed E-state index contributed by atoms with van der Waals surface area (Å²) in [6, 6.07) is 3.86. The summed E-state index contributed by atoms with van der Waals surface area (Å²) in [7, 11) is 0. The van der Waals surface area contributed by atoms with Crippen molar-refractivity contribution in [3.05, 3.63) is 23.4 Å². The number of nitrogens with one attached hydrogen (secondary N) is 1. The third kappa shape index (κ3) is 3.64. The van der Waals surface area contributed by atoms with Crippen molar-refractivity contribution >= 4 is 23.0 Å². The van der Waals surface area contributed by atoms with E-state index in [4.69, 9.17) is 22.7 Å². The first-order chi connectivity index (χ1) is 9.00. The summed E-state index contributed by atoms with van der Waals surface area (Å²) in [5.74, 6) is 0.792. The largest absolute Gasteiger partial charge is 0.389 e. The van der Waals surface area contributed by atoms with E-state index in [1.807, 2.05) is 19.1 Å². The van der Waals surface area contributed by atoms with E-state index in [0.717, 1.165) is 49.7 Å². The number of anilines is 1. The van der Waals surface area contributed by atoms with Gasteiger partial charge in [0.05, 0.1) is 5.56 Å². The Morgan fingerprint density at radius 2 is 2.16 bits per heavy atom. The van der Waals surface area contributed by atoms with E-state index in [1.54, 1.807) is 0 Å². The van der Waals surface area contributed by atoms with Gasteiger partial charge in [0.1, 0.15) is 10.8 Å². The van der Waals surface area contributed by atoms with Crippen LogP contribution in [0.2, 0.25) is 0 Å². The second kappa shape index (κ2) is 5.84. The number of aryl methyl sites for hydroxylation is 1. The van der Waals surface area contributed by atoms with Gasteiger partial charge in [-0.25, -0.2) is 4.98 Å². The molecule has 0 spiro atoms. The van der Waals surface area contributed by atoms with Crippen LogP contribution in [0.4, 0.5) is 5.82 Å². The Hall–Kier alpha value is -1.20. The van der Waals surface area contributed by atoms with Crippen LogP contribution in [0.15, 0.2) is 12.1 Å². The lowest BCUT2D eigenvalue weighted by molar-refractivity contribution is 0.0300.